The van der Waals surface area contributed by atoms with E-state index in [1.165, 1.54) is 18.4 Å². The molecular formula is C12H19N3. The van der Waals surface area contributed by atoms with Gasteiger partial charge in [-0.3, -0.25) is 16.3 Å². The number of nitrogens with zero attached hydrogens (tertiary/aromatic N) is 1. The highest BCUT2D eigenvalue weighted by Gasteiger charge is 2.32. The van der Waals surface area contributed by atoms with Crippen LogP contribution < -0.4 is 11.3 Å². The van der Waals surface area contributed by atoms with Gasteiger partial charge in [0.1, 0.15) is 0 Å². The average Bonchev–Trinajstić information content (AvgIpc) is 3.10. The zero-order valence-electron chi connectivity index (χ0n) is 9.19. The molecule has 0 bridgehead atoms. The Morgan fingerprint density at radius 2 is 2.40 bits per heavy atom. The van der Waals surface area contributed by atoms with Gasteiger partial charge in [-0.05, 0) is 42.7 Å². The topological polar surface area (TPSA) is 50.9 Å². The number of hydrogen-bond acceptors (Lipinski definition) is 3. The lowest BCUT2D eigenvalue weighted by atomic mass is 9.92. The summed E-state index contributed by atoms with van der Waals surface area (Å²) in [6.45, 7) is 2.29. The number of nitrogens with two attached hydrogens (primary N) is 1. The Morgan fingerprint density at radius 3 is 2.93 bits per heavy atom. The number of rotatable bonds is 5. The molecule has 1 aliphatic carbocycles. The summed E-state index contributed by atoms with van der Waals surface area (Å²) < 4.78 is 0. The molecule has 82 valence electrons. The van der Waals surface area contributed by atoms with Crippen molar-refractivity contribution in [2.45, 2.75) is 32.2 Å². The van der Waals surface area contributed by atoms with Gasteiger partial charge >= 0.3 is 0 Å². The Balaban J connectivity index is 1.95. The van der Waals surface area contributed by atoms with Gasteiger partial charge in [-0.2, -0.15) is 0 Å². The molecule has 0 saturated heterocycles. The van der Waals surface area contributed by atoms with Crippen molar-refractivity contribution in [1.29, 1.82) is 0 Å². The summed E-state index contributed by atoms with van der Waals surface area (Å²) in [5, 5.41) is 0. The van der Waals surface area contributed by atoms with E-state index in [0.717, 1.165) is 12.3 Å². The molecule has 1 heterocycles. The van der Waals surface area contributed by atoms with E-state index in [9.17, 15) is 0 Å². The van der Waals surface area contributed by atoms with Crippen LogP contribution in [0.25, 0.3) is 0 Å². The van der Waals surface area contributed by atoms with Crippen LogP contribution in [-0.4, -0.2) is 11.0 Å². The standard InChI is InChI=1S/C12H19N3/c1-9(11-4-5-11)12(15-13)7-10-3-2-6-14-8-10/h2-3,6,8-9,11-12,15H,4-5,7,13H2,1H3. The summed E-state index contributed by atoms with van der Waals surface area (Å²) in [6, 6.07) is 4.46. The van der Waals surface area contributed by atoms with Gasteiger partial charge in [0, 0.05) is 18.4 Å². The van der Waals surface area contributed by atoms with Crippen molar-refractivity contribution < 1.29 is 0 Å². The molecule has 1 aromatic heterocycles. The Morgan fingerprint density at radius 1 is 1.60 bits per heavy atom. The summed E-state index contributed by atoms with van der Waals surface area (Å²) in [4.78, 5) is 4.12. The molecular weight excluding hydrogens is 186 g/mol. The van der Waals surface area contributed by atoms with E-state index < -0.39 is 0 Å². The third kappa shape index (κ3) is 2.76. The molecule has 0 radical (unpaired) electrons. The van der Waals surface area contributed by atoms with Crippen LogP contribution in [0.4, 0.5) is 0 Å². The van der Waals surface area contributed by atoms with Gasteiger partial charge in [0.05, 0.1) is 0 Å². The minimum absolute atomic E-state index is 0.377. The molecule has 0 aromatic carbocycles. The summed E-state index contributed by atoms with van der Waals surface area (Å²) in [5.41, 5.74) is 4.20. The van der Waals surface area contributed by atoms with E-state index >= 15 is 0 Å². The first-order valence-corrected chi connectivity index (χ1v) is 5.66. The maximum atomic E-state index is 5.62. The lowest BCUT2D eigenvalue weighted by molar-refractivity contribution is 0.343. The van der Waals surface area contributed by atoms with Crippen LogP contribution in [0.15, 0.2) is 24.5 Å². The first kappa shape index (κ1) is 10.6. The van der Waals surface area contributed by atoms with Crippen molar-refractivity contribution >= 4 is 0 Å². The van der Waals surface area contributed by atoms with Crippen LogP contribution in [0.5, 0.6) is 0 Å². The predicted molar refractivity (Wildman–Crippen MR) is 60.9 cm³/mol. The number of hydrazine groups is 1. The van der Waals surface area contributed by atoms with Gasteiger partial charge in [0.2, 0.25) is 0 Å². The van der Waals surface area contributed by atoms with Crippen LogP contribution in [0.1, 0.15) is 25.3 Å². The number of nitrogens with one attached hydrogen (secondary N) is 1. The minimum atomic E-state index is 0.377. The molecule has 3 N–H and O–H groups in total. The van der Waals surface area contributed by atoms with E-state index in [1.54, 1.807) is 6.20 Å². The van der Waals surface area contributed by atoms with Gasteiger partial charge in [0.25, 0.3) is 0 Å². The highest BCUT2D eigenvalue weighted by Crippen LogP contribution is 2.38. The fourth-order valence-corrected chi connectivity index (χ4v) is 2.12. The monoisotopic (exact) mass is 205 g/mol. The Hall–Kier alpha value is -0.930. The molecule has 1 aromatic rings. The quantitative estimate of drug-likeness (QED) is 0.566. The number of aromatic nitrogens is 1. The fourth-order valence-electron chi connectivity index (χ4n) is 2.12. The second-order valence-electron chi connectivity index (χ2n) is 4.54. The van der Waals surface area contributed by atoms with Gasteiger partial charge in [-0.25, -0.2) is 0 Å². The Bertz CT molecular complexity index is 295. The first-order chi connectivity index (χ1) is 7.31. The average molecular weight is 205 g/mol. The van der Waals surface area contributed by atoms with Crippen molar-refractivity contribution in [2.75, 3.05) is 0 Å². The Kier molecular flexibility index (Phi) is 3.34. The predicted octanol–water partition coefficient (Wildman–Crippen LogP) is 1.50. The zero-order chi connectivity index (χ0) is 10.7. The van der Waals surface area contributed by atoms with E-state index in [0.29, 0.717) is 12.0 Å². The van der Waals surface area contributed by atoms with E-state index in [2.05, 4.69) is 23.4 Å². The lowest BCUT2D eigenvalue weighted by Crippen LogP contribution is -2.42. The number of pyridine rings is 1. The minimum Gasteiger partial charge on any atom is -0.271 e. The highest BCUT2D eigenvalue weighted by atomic mass is 15.2. The summed E-state index contributed by atoms with van der Waals surface area (Å²) in [7, 11) is 0. The first-order valence-electron chi connectivity index (χ1n) is 5.66. The van der Waals surface area contributed by atoms with Crippen molar-refractivity contribution in [3.63, 3.8) is 0 Å². The summed E-state index contributed by atoms with van der Waals surface area (Å²) >= 11 is 0. The van der Waals surface area contributed by atoms with Crippen molar-refractivity contribution in [3.8, 4) is 0 Å². The summed E-state index contributed by atoms with van der Waals surface area (Å²) in [6.07, 6.45) is 7.43. The molecule has 2 atom stereocenters. The Labute approximate surface area is 91.1 Å². The zero-order valence-corrected chi connectivity index (χ0v) is 9.19. The molecule has 0 aliphatic heterocycles. The fraction of sp³-hybridized carbons (Fsp3) is 0.583. The lowest BCUT2D eigenvalue weighted by Gasteiger charge is -2.22. The molecule has 15 heavy (non-hydrogen) atoms. The van der Waals surface area contributed by atoms with E-state index in [1.807, 2.05) is 12.3 Å². The van der Waals surface area contributed by atoms with Crippen LogP contribution in [0, 0.1) is 11.8 Å². The largest absolute Gasteiger partial charge is 0.271 e. The van der Waals surface area contributed by atoms with Gasteiger partial charge in [-0.15, -0.1) is 0 Å². The van der Waals surface area contributed by atoms with Crippen LogP contribution in [0.2, 0.25) is 0 Å². The highest BCUT2D eigenvalue weighted by molar-refractivity contribution is 5.10. The molecule has 3 nitrogen and oxygen atoms in total. The van der Waals surface area contributed by atoms with Crippen molar-refractivity contribution in [2.24, 2.45) is 17.7 Å². The van der Waals surface area contributed by atoms with E-state index in [4.69, 9.17) is 5.84 Å². The van der Waals surface area contributed by atoms with Crippen LogP contribution in [0.3, 0.4) is 0 Å². The van der Waals surface area contributed by atoms with E-state index in [-0.39, 0.29) is 0 Å². The van der Waals surface area contributed by atoms with Gasteiger partial charge in [-0.1, -0.05) is 13.0 Å². The molecule has 2 rings (SSSR count). The maximum absolute atomic E-state index is 5.62. The maximum Gasteiger partial charge on any atom is 0.0300 e. The normalized spacial score (nSPS) is 19.9. The third-order valence-electron chi connectivity index (χ3n) is 3.39. The molecule has 0 spiro atoms. The van der Waals surface area contributed by atoms with Crippen LogP contribution in [-0.2, 0) is 6.42 Å². The van der Waals surface area contributed by atoms with Crippen molar-refractivity contribution in [1.82, 2.24) is 10.4 Å². The molecule has 1 fully saturated rings. The van der Waals surface area contributed by atoms with Gasteiger partial charge < -0.3 is 0 Å². The smallest absolute Gasteiger partial charge is 0.0300 e. The third-order valence-corrected chi connectivity index (χ3v) is 3.39. The van der Waals surface area contributed by atoms with Crippen LogP contribution >= 0.6 is 0 Å². The molecule has 1 saturated carbocycles. The molecule has 0 amide bonds. The molecule has 3 heteroatoms. The summed E-state index contributed by atoms with van der Waals surface area (Å²) in [5.74, 6) is 7.16. The molecule has 2 unspecified atom stereocenters. The van der Waals surface area contributed by atoms with Crippen molar-refractivity contribution in [3.05, 3.63) is 30.1 Å². The van der Waals surface area contributed by atoms with Gasteiger partial charge in [0.15, 0.2) is 0 Å². The SMILES string of the molecule is CC(C1CC1)C(Cc1cccnc1)NN. The second-order valence-corrected chi connectivity index (χ2v) is 4.54. The molecule has 1 aliphatic rings. The number of hydrogen-bond donors (Lipinski definition) is 2. The second kappa shape index (κ2) is 4.73.